The highest BCUT2D eigenvalue weighted by Crippen LogP contribution is 2.36. The van der Waals surface area contributed by atoms with Crippen LogP contribution in [0.15, 0.2) is 71.6 Å². The fourth-order valence-electron chi connectivity index (χ4n) is 3.69. The molecule has 0 aliphatic heterocycles. The first-order valence-electron chi connectivity index (χ1n) is 10.5. The number of halogens is 1. The molecule has 3 rings (SSSR count). The first-order valence-corrected chi connectivity index (χ1v) is 11.1. The van der Waals surface area contributed by atoms with Gasteiger partial charge in [0.25, 0.3) is 0 Å². The number of hydrogen-bond acceptors (Lipinski definition) is 5. The van der Waals surface area contributed by atoms with Crippen LogP contribution in [-0.4, -0.2) is 27.7 Å². The smallest absolute Gasteiger partial charge is 0.333 e. The van der Waals surface area contributed by atoms with Crippen LogP contribution in [0.4, 0.5) is 10.2 Å². The molecule has 0 saturated carbocycles. The number of carboxylic acids is 1. The quantitative estimate of drug-likeness (QED) is 0.294. The number of pyridine rings is 1. The topological polar surface area (TPSA) is 104 Å². The molecule has 1 amide bonds. The second-order valence-electron chi connectivity index (χ2n) is 7.63. The van der Waals surface area contributed by atoms with E-state index in [1.165, 1.54) is 0 Å². The van der Waals surface area contributed by atoms with Crippen LogP contribution in [0.25, 0.3) is 0 Å². The van der Waals surface area contributed by atoms with Crippen LogP contribution in [0, 0.1) is 5.82 Å². The van der Waals surface area contributed by atoms with Crippen molar-refractivity contribution >= 4 is 38.0 Å². The van der Waals surface area contributed by atoms with Crippen molar-refractivity contribution in [3.63, 3.8) is 0 Å². The van der Waals surface area contributed by atoms with Crippen molar-refractivity contribution in [2.75, 3.05) is 5.43 Å². The van der Waals surface area contributed by atoms with E-state index in [2.05, 4.69) is 36.6 Å². The van der Waals surface area contributed by atoms with Crippen LogP contribution in [0.3, 0.4) is 0 Å². The monoisotopic (exact) mass is 468 g/mol. The van der Waals surface area contributed by atoms with Gasteiger partial charge < -0.3 is 10.4 Å². The zero-order valence-electron chi connectivity index (χ0n) is 18.1. The molecular weight excluding hydrogens is 442 g/mol. The Hall–Kier alpha value is -3.38. The Labute approximate surface area is 194 Å². The number of anilines is 1. The maximum atomic E-state index is 14.6. The number of benzene rings is 1. The lowest BCUT2D eigenvalue weighted by atomic mass is 9.82. The van der Waals surface area contributed by atoms with E-state index in [0.29, 0.717) is 40.9 Å². The molecule has 1 aliphatic rings. The minimum Gasteiger partial charge on any atom is -0.478 e. The van der Waals surface area contributed by atoms with Gasteiger partial charge in [-0.2, -0.15) is 5.10 Å². The molecule has 172 valence electrons. The summed E-state index contributed by atoms with van der Waals surface area (Å²) in [5, 5.41) is 17.0. The summed E-state index contributed by atoms with van der Waals surface area (Å²) < 4.78 is 14.6. The van der Waals surface area contributed by atoms with E-state index in [1.807, 2.05) is 6.07 Å². The minimum absolute atomic E-state index is 0.0886. The Morgan fingerprint density at radius 1 is 1.27 bits per heavy atom. The Kier molecular flexibility index (Phi) is 8.44. The highest BCUT2D eigenvalue weighted by atomic mass is 31.0. The highest BCUT2D eigenvalue weighted by Gasteiger charge is 2.28. The summed E-state index contributed by atoms with van der Waals surface area (Å²) in [7, 11) is 2.36. The molecule has 0 fully saturated rings. The van der Waals surface area contributed by atoms with Crippen LogP contribution >= 0.6 is 9.24 Å². The normalized spacial score (nSPS) is 16.3. The van der Waals surface area contributed by atoms with E-state index < -0.39 is 5.97 Å². The van der Waals surface area contributed by atoms with Crippen LogP contribution in [0.5, 0.6) is 0 Å². The van der Waals surface area contributed by atoms with Gasteiger partial charge in [0, 0.05) is 30.0 Å². The molecule has 0 bridgehead atoms. The SMILES string of the molecule is C=C/C(CCC(=O)NC1=C(C(=O)O)CCC(c2cccc(P)c2F)C1)=N\Nc1ccccn1. The molecular formula is C24H26FN4O3P. The number of carbonyl (C=O) groups is 2. The van der Waals surface area contributed by atoms with E-state index in [0.717, 1.165) is 0 Å². The first kappa shape index (κ1) is 24.3. The van der Waals surface area contributed by atoms with Crippen LogP contribution in [-0.2, 0) is 9.59 Å². The Morgan fingerprint density at radius 2 is 2.09 bits per heavy atom. The lowest BCUT2D eigenvalue weighted by Gasteiger charge is -2.27. The largest absolute Gasteiger partial charge is 0.478 e. The molecule has 33 heavy (non-hydrogen) atoms. The summed E-state index contributed by atoms with van der Waals surface area (Å²) in [5.41, 5.74) is 4.39. The van der Waals surface area contributed by atoms with E-state index in [1.54, 1.807) is 42.6 Å². The van der Waals surface area contributed by atoms with E-state index in [-0.39, 0.29) is 42.5 Å². The maximum Gasteiger partial charge on any atom is 0.333 e. The minimum atomic E-state index is -1.07. The van der Waals surface area contributed by atoms with Crippen molar-refractivity contribution in [1.29, 1.82) is 0 Å². The fourth-order valence-corrected chi connectivity index (χ4v) is 3.96. The number of hydrazone groups is 1. The lowest BCUT2D eigenvalue weighted by molar-refractivity contribution is -0.133. The predicted octanol–water partition coefficient (Wildman–Crippen LogP) is 3.88. The molecule has 0 saturated heterocycles. The van der Waals surface area contributed by atoms with Gasteiger partial charge in [-0.3, -0.25) is 10.2 Å². The van der Waals surface area contributed by atoms with Crippen LogP contribution in [0.1, 0.15) is 43.6 Å². The lowest BCUT2D eigenvalue weighted by Crippen LogP contribution is -2.29. The third-order valence-electron chi connectivity index (χ3n) is 5.43. The molecule has 0 spiro atoms. The van der Waals surface area contributed by atoms with Gasteiger partial charge in [-0.1, -0.05) is 30.8 Å². The van der Waals surface area contributed by atoms with Crippen molar-refractivity contribution in [1.82, 2.24) is 10.3 Å². The van der Waals surface area contributed by atoms with Gasteiger partial charge in [0.2, 0.25) is 5.91 Å². The summed E-state index contributed by atoms with van der Waals surface area (Å²) in [6.45, 7) is 3.71. The summed E-state index contributed by atoms with van der Waals surface area (Å²) >= 11 is 0. The zero-order chi connectivity index (χ0) is 23.8. The standard InChI is InChI=1S/C24H26FN4O3P/c1-2-16(28-29-21-8-3-4-13-26-21)10-12-22(30)27-19-14-15(9-11-18(19)24(31)32)17-6-5-7-20(33)23(17)25/h2-8,13,15H,1,9-12,14,33H2,(H,26,29)(H,27,30)(H,31,32)/b28-16+. The van der Waals surface area contributed by atoms with E-state index >= 15 is 0 Å². The van der Waals surface area contributed by atoms with E-state index in [9.17, 15) is 19.1 Å². The summed E-state index contributed by atoms with van der Waals surface area (Å²) in [6, 6.07) is 10.5. The highest BCUT2D eigenvalue weighted by molar-refractivity contribution is 7.27. The second kappa shape index (κ2) is 11.5. The number of nitrogens with zero attached hydrogens (tertiary/aromatic N) is 2. The van der Waals surface area contributed by atoms with Gasteiger partial charge in [0.15, 0.2) is 0 Å². The molecule has 7 nitrogen and oxygen atoms in total. The number of amides is 1. The molecule has 2 atom stereocenters. The van der Waals surface area contributed by atoms with Crippen molar-refractivity contribution in [2.45, 2.75) is 38.0 Å². The molecule has 1 aliphatic carbocycles. The van der Waals surface area contributed by atoms with Crippen molar-refractivity contribution in [3.05, 3.63) is 77.9 Å². The van der Waals surface area contributed by atoms with E-state index in [4.69, 9.17) is 0 Å². The summed E-state index contributed by atoms with van der Waals surface area (Å²) in [5.74, 6) is -1.37. The molecule has 2 unspecified atom stereocenters. The second-order valence-corrected chi connectivity index (χ2v) is 8.26. The van der Waals surface area contributed by atoms with Gasteiger partial charge in [-0.05, 0) is 49.0 Å². The molecule has 0 radical (unpaired) electrons. The average Bonchev–Trinajstić information content (AvgIpc) is 2.81. The number of carbonyl (C=O) groups excluding carboxylic acids is 1. The molecule has 2 aromatic rings. The van der Waals surface area contributed by atoms with Crippen molar-refractivity contribution in [3.8, 4) is 0 Å². The first-order chi connectivity index (χ1) is 15.9. The van der Waals surface area contributed by atoms with Gasteiger partial charge in [-0.25, -0.2) is 14.2 Å². The Bertz CT molecular complexity index is 1100. The predicted molar refractivity (Wildman–Crippen MR) is 130 cm³/mol. The van der Waals surface area contributed by atoms with Crippen molar-refractivity contribution < 1.29 is 19.1 Å². The summed E-state index contributed by atoms with van der Waals surface area (Å²) in [6.07, 6.45) is 4.57. The van der Waals surface area contributed by atoms with Gasteiger partial charge in [-0.15, -0.1) is 9.24 Å². The number of aromatic nitrogens is 1. The molecule has 1 aromatic heterocycles. The molecule has 9 heteroatoms. The average molecular weight is 468 g/mol. The third kappa shape index (κ3) is 6.56. The Balaban J connectivity index is 1.66. The molecule has 1 heterocycles. The Morgan fingerprint density at radius 3 is 2.79 bits per heavy atom. The number of nitrogens with one attached hydrogen (secondary N) is 2. The number of allylic oxidation sites excluding steroid dienone is 2. The summed E-state index contributed by atoms with van der Waals surface area (Å²) in [4.78, 5) is 28.4. The van der Waals surface area contributed by atoms with Crippen LogP contribution < -0.4 is 16.0 Å². The van der Waals surface area contributed by atoms with Gasteiger partial charge >= 0.3 is 5.97 Å². The number of rotatable bonds is 9. The van der Waals surface area contributed by atoms with Gasteiger partial charge in [0.05, 0.1) is 11.3 Å². The number of hydrogen-bond donors (Lipinski definition) is 3. The maximum absolute atomic E-state index is 14.6. The van der Waals surface area contributed by atoms with Gasteiger partial charge in [0.1, 0.15) is 11.6 Å². The van der Waals surface area contributed by atoms with Crippen molar-refractivity contribution in [2.24, 2.45) is 5.10 Å². The number of carboxylic acid groups (broad SMARTS) is 1. The van der Waals surface area contributed by atoms with Crippen LogP contribution in [0.2, 0.25) is 0 Å². The molecule has 3 N–H and O–H groups in total. The number of aliphatic carboxylic acids is 1. The fraction of sp³-hybridized carbons (Fsp3) is 0.250. The third-order valence-corrected chi connectivity index (χ3v) is 5.87. The molecule has 1 aromatic carbocycles. The zero-order valence-corrected chi connectivity index (χ0v) is 19.2.